The molecule has 1 aliphatic rings. The first kappa shape index (κ1) is 15.3. The van der Waals surface area contributed by atoms with Crippen LogP contribution in [-0.2, 0) is 4.74 Å². The van der Waals surface area contributed by atoms with Crippen molar-refractivity contribution >= 4 is 17.7 Å². The molecule has 0 unspecified atom stereocenters. The molecule has 0 saturated heterocycles. The number of hydrogen-bond donors (Lipinski definition) is 1. The van der Waals surface area contributed by atoms with E-state index >= 15 is 0 Å². The smallest absolute Gasteiger partial charge is 0.340 e. The van der Waals surface area contributed by atoms with E-state index in [2.05, 4.69) is 9.97 Å². The van der Waals surface area contributed by atoms with Crippen LogP contribution in [0.1, 0.15) is 54.5 Å². The van der Waals surface area contributed by atoms with E-state index in [0.29, 0.717) is 29.0 Å². The highest BCUT2D eigenvalue weighted by Gasteiger charge is 2.29. The molecule has 0 radical (unpaired) electrons. The van der Waals surface area contributed by atoms with E-state index in [9.17, 15) is 9.90 Å². The van der Waals surface area contributed by atoms with E-state index in [1.54, 1.807) is 6.92 Å². The summed E-state index contributed by atoms with van der Waals surface area (Å²) in [7, 11) is 0. The maximum Gasteiger partial charge on any atom is 0.340 e. The van der Waals surface area contributed by atoms with Gasteiger partial charge in [-0.15, -0.1) is 11.8 Å². The first-order chi connectivity index (χ1) is 9.49. The molecule has 20 heavy (non-hydrogen) atoms. The summed E-state index contributed by atoms with van der Waals surface area (Å²) in [6, 6.07) is 0. The second-order valence-electron chi connectivity index (χ2n) is 5.19. The fraction of sp³-hybridized carbons (Fsp3) is 0.643. The highest BCUT2D eigenvalue weighted by molar-refractivity contribution is 7.99. The Morgan fingerprint density at radius 2 is 2.15 bits per heavy atom. The van der Waals surface area contributed by atoms with E-state index in [-0.39, 0.29) is 11.7 Å². The van der Waals surface area contributed by atoms with E-state index in [0.717, 1.165) is 18.7 Å². The van der Waals surface area contributed by atoms with Gasteiger partial charge in [0.1, 0.15) is 16.4 Å². The molecular weight excluding hydrogens is 276 g/mol. The van der Waals surface area contributed by atoms with Crippen LogP contribution in [0.15, 0.2) is 5.03 Å². The van der Waals surface area contributed by atoms with Gasteiger partial charge in [-0.3, -0.25) is 0 Å². The van der Waals surface area contributed by atoms with Gasteiger partial charge in [-0.2, -0.15) is 0 Å². The van der Waals surface area contributed by atoms with Gasteiger partial charge in [-0.1, -0.05) is 0 Å². The molecule has 6 heteroatoms. The number of nitrogens with zero attached hydrogens (tertiary/aromatic N) is 2. The zero-order valence-electron chi connectivity index (χ0n) is 12.0. The number of carboxylic acid groups (broad SMARTS) is 1. The SMILES string of the molecule is Cc1nc(C2CC2)nc(SCCOC(C)C)c1C(=O)O. The fourth-order valence-corrected chi connectivity index (χ4v) is 2.77. The summed E-state index contributed by atoms with van der Waals surface area (Å²) < 4.78 is 5.47. The number of rotatable bonds is 7. The number of ether oxygens (including phenoxy) is 1. The van der Waals surface area contributed by atoms with Gasteiger partial charge in [0.05, 0.1) is 18.4 Å². The standard InChI is InChI=1S/C14H20N2O3S/c1-8(2)19-6-7-20-13-11(14(17)18)9(3)15-12(16-13)10-4-5-10/h8,10H,4-7H2,1-3H3,(H,17,18). The number of thioether (sulfide) groups is 1. The maximum absolute atomic E-state index is 11.4. The van der Waals surface area contributed by atoms with Gasteiger partial charge in [-0.05, 0) is 33.6 Å². The van der Waals surface area contributed by atoms with Crippen LogP contribution in [0.3, 0.4) is 0 Å². The third kappa shape index (κ3) is 3.93. The van der Waals surface area contributed by atoms with Crippen LogP contribution in [0.2, 0.25) is 0 Å². The third-order valence-corrected chi connectivity index (χ3v) is 3.94. The molecule has 1 heterocycles. The zero-order valence-corrected chi connectivity index (χ0v) is 12.9. The normalized spacial score (nSPS) is 14.8. The number of hydrogen-bond acceptors (Lipinski definition) is 5. The average Bonchev–Trinajstić information content (AvgIpc) is 3.17. The molecule has 1 aromatic rings. The van der Waals surface area contributed by atoms with Gasteiger partial charge in [0.2, 0.25) is 0 Å². The number of carboxylic acids is 1. The molecule has 0 aliphatic heterocycles. The Labute approximate surface area is 123 Å². The molecule has 0 bridgehead atoms. The summed E-state index contributed by atoms with van der Waals surface area (Å²) in [5, 5.41) is 9.88. The van der Waals surface area contributed by atoms with Crippen LogP contribution >= 0.6 is 11.8 Å². The molecular formula is C14H20N2O3S. The second-order valence-corrected chi connectivity index (χ2v) is 6.28. The monoisotopic (exact) mass is 296 g/mol. The minimum absolute atomic E-state index is 0.184. The fourth-order valence-electron chi connectivity index (χ4n) is 1.86. The van der Waals surface area contributed by atoms with Gasteiger partial charge in [-0.25, -0.2) is 14.8 Å². The molecule has 1 fully saturated rings. The molecule has 0 atom stereocenters. The van der Waals surface area contributed by atoms with Crippen LogP contribution in [0.5, 0.6) is 0 Å². The molecule has 0 amide bonds. The minimum Gasteiger partial charge on any atom is -0.478 e. The lowest BCUT2D eigenvalue weighted by Crippen LogP contribution is -2.11. The zero-order chi connectivity index (χ0) is 14.7. The Morgan fingerprint density at radius 1 is 1.45 bits per heavy atom. The highest BCUT2D eigenvalue weighted by atomic mass is 32.2. The first-order valence-corrected chi connectivity index (χ1v) is 7.83. The van der Waals surface area contributed by atoms with E-state index in [1.807, 2.05) is 13.8 Å². The molecule has 0 spiro atoms. The summed E-state index contributed by atoms with van der Waals surface area (Å²) in [4.78, 5) is 20.1. The largest absolute Gasteiger partial charge is 0.478 e. The molecule has 110 valence electrons. The van der Waals surface area contributed by atoms with E-state index in [1.165, 1.54) is 11.8 Å². The van der Waals surface area contributed by atoms with Gasteiger partial charge in [0.25, 0.3) is 0 Å². The van der Waals surface area contributed by atoms with Gasteiger partial charge < -0.3 is 9.84 Å². The van der Waals surface area contributed by atoms with Crippen LogP contribution in [0, 0.1) is 6.92 Å². The number of aryl methyl sites for hydroxylation is 1. The lowest BCUT2D eigenvalue weighted by Gasteiger charge is -2.11. The molecule has 1 aliphatic carbocycles. The number of carbonyl (C=O) groups is 1. The lowest BCUT2D eigenvalue weighted by molar-refractivity contribution is 0.0690. The van der Waals surface area contributed by atoms with Crippen molar-refractivity contribution in [3.8, 4) is 0 Å². The van der Waals surface area contributed by atoms with Crippen molar-refractivity contribution < 1.29 is 14.6 Å². The van der Waals surface area contributed by atoms with Crippen LogP contribution in [-0.4, -0.2) is 39.5 Å². The molecule has 1 N–H and O–H groups in total. The minimum atomic E-state index is -0.961. The van der Waals surface area contributed by atoms with Gasteiger partial charge >= 0.3 is 5.97 Å². The molecule has 0 aromatic carbocycles. The molecule has 5 nitrogen and oxygen atoms in total. The van der Waals surface area contributed by atoms with E-state index < -0.39 is 5.97 Å². The average molecular weight is 296 g/mol. The summed E-state index contributed by atoms with van der Waals surface area (Å²) in [5.74, 6) is 0.943. The Kier molecular flexibility index (Phi) is 4.99. The van der Waals surface area contributed by atoms with Crippen LogP contribution < -0.4 is 0 Å². The summed E-state index contributed by atoms with van der Waals surface area (Å²) in [5.41, 5.74) is 0.783. The Hall–Kier alpha value is -1.14. The highest BCUT2D eigenvalue weighted by Crippen LogP contribution is 2.39. The number of aromatic nitrogens is 2. The Bertz CT molecular complexity index is 501. The Morgan fingerprint density at radius 3 is 2.70 bits per heavy atom. The van der Waals surface area contributed by atoms with Crippen molar-refractivity contribution in [2.75, 3.05) is 12.4 Å². The first-order valence-electron chi connectivity index (χ1n) is 6.85. The summed E-state index contributed by atoms with van der Waals surface area (Å²) in [6.07, 6.45) is 2.39. The van der Waals surface area contributed by atoms with Crippen molar-refractivity contribution in [2.45, 2.75) is 50.7 Å². The molecule has 1 saturated carbocycles. The summed E-state index contributed by atoms with van der Waals surface area (Å²) in [6.45, 7) is 6.29. The van der Waals surface area contributed by atoms with Crippen molar-refractivity contribution in [3.05, 3.63) is 17.1 Å². The van der Waals surface area contributed by atoms with Gasteiger partial charge in [0.15, 0.2) is 0 Å². The summed E-state index contributed by atoms with van der Waals surface area (Å²) >= 11 is 1.43. The lowest BCUT2D eigenvalue weighted by atomic mass is 10.2. The molecule has 2 rings (SSSR count). The number of aromatic carboxylic acids is 1. The van der Waals surface area contributed by atoms with Gasteiger partial charge in [0, 0.05) is 11.7 Å². The predicted octanol–water partition coefficient (Wildman–Crippen LogP) is 2.88. The van der Waals surface area contributed by atoms with Crippen molar-refractivity contribution in [1.82, 2.24) is 9.97 Å². The maximum atomic E-state index is 11.4. The van der Waals surface area contributed by atoms with Crippen molar-refractivity contribution in [3.63, 3.8) is 0 Å². The quantitative estimate of drug-likeness (QED) is 0.474. The topological polar surface area (TPSA) is 72.3 Å². The van der Waals surface area contributed by atoms with Crippen LogP contribution in [0.4, 0.5) is 0 Å². The van der Waals surface area contributed by atoms with Crippen molar-refractivity contribution in [1.29, 1.82) is 0 Å². The molecule has 1 aromatic heterocycles. The van der Waals surface area contributed by atoms with Crippen LogP contribution in [0.25, 0.3) is 0 Å². The predicted molar refractivity (Wildman–Crippen MR) is 77.5 cm³/mol. The second kappa shape index (κ2) is 6.54. The Balaban J connectivity index is 2.13. The van der Waals surface area contributed by atoms with E-state index in [4.69, 9.17) is 4.74 Å². The third-order valence-electron chi connectivity index (χ3n) is 3.00. The van der Waals surface area contributed by atoms with Crippen molar-refractivity contribution in [2.24, 2.45) is 0 Å².